The summed E-state index contributed by atoms with van der Waals surface area (Å²) in [6, 6.07) is 0. The van der Waals surface area contributed by atoms with Gasteiger partial charge in [-0.3, -0.25) is 13.7 Å². The van der Waals surface area contributed by atoms with Crippen molar-refractivity contribution in [3.63, 3.8) is 0 Å². The first-order chi connectivity index (χ1) is 12.5. The van der Waals surface area contributed by atoms with Crippen LogP contribution in [0.1, 0.15) is 6.23 Å². The number of fused-ring (bicyclic) bond motifs is 1. The van der Waals surface area contributed by atoms with Crippen molar-refractivity contribution in [3.05, 3.63) is 12.7 Å². The third-order valence-corrected chi connectivity index (χ3v) is 5.73. The van der Waals surface area contributed by atoms with E-state index < -0.39 is 46.8 Å². The van der Waals surface area contributed by atoms with Gasteiger partial charge in [0.05, 0.1) is 12.9 Å². The van der Waals surface area contributed by atoms with Gasteiger partial charge in [0.25, 0.3) is 7.82 Å². The Bertz CT molecular complexity index is 953. The molecule has 3 heterocycles. The minimum atomic E-state index is -5.54. The van der Waals surface area contributed by atoms with Crippen LogP contribution < -0.4 is 24.7 Å². The Kier molecular flexibility index (Phi) is 11.6. The van der Waals surface area contributed by atoms with Crippen LogP contribution in [0.2, 0.25) is 0 Å². The van der Waals surface area contributed by atoms with E-state index in [-0.39, 0.29) is 41.2 Å². The molecule has 2 aromatic heterocycles. The molecule has 6 atom stereocenters. The number of nitrogens with zero attached hydrogens (tertiary/aromatic N) is 4. The van der Waals surface area contributed by atoms with Crippen LogP contribution in [0.3, 0.4) is 0 Å². The fraction of sp³-hybridized carbons (Fsp3) is 0.500. The number of nitrogens with two attached hydrogens (primary N) is 1. The van der Waals surface area contributed by atoms with E-state index in [1.807, 2.05) is 0 Å². The summed E-state index contributed by atoms with van der Waals surface area (Å²) in [5.74, 6) is 0.0797. The van der Waals surface area contributed by atoms with Crippen molar-refractivity contribution in [3.8, 4) is 0 Å². The smallest absolute Gasteiger partial charge is 1.00 e. The molecule has 21 heteroatoms. The Hall–Kier alpha value is -1.55. The molecule has 174 valence electrons. The van der Waals surface area contributed by atoms with Crippen molar-refractivity contribution in [2.45, 2.75) is 24.5 Å². The Morgan fingerprint density at radius 1 is 1.16 bits per heavy atom. The normalized spacial score (nSPS) is 26.4. The van der Waals surface area contributed by atoms with E-state index in [2.05, 4.69) is 23.8 Å². The topological polar surface area (TPSA) is 235 Å². The third kappa shape index (κ3) is 6.97. The van der Waals surface area contributed by atoms with E-state index in [9.17, 15) is 29.1 Å². The standard InChI is InChI=1S/C10H15N5O10P2.Be.3FH/c11-8-5-9(13-2-12-8)15(3-14-5)10-7(17)6(16)4(24-10)1-23-27(21,22)25-26(18,19)20;;;;/h2-4,6-7,10,16-17H,1H2,(H,21,22)(H2,11,12,13)(H2,18,19,20);;3*1H/q;+2;;;/p-4/t4-,6-,7-,10-;;;;/m1..../s1. The average molecular weight is 492 g/mol. The number of rotatable bonds is 6. The molecule has 0 saturated carbocycles. The number of ether oxygens (including phenoxy) is 1. The molecule has 3 rings (SSSR count). The van der Waals surface area contributed by atoms with Gasteiger partial charge in [-0.25, -0.2) is 23.8 Å². The second-order valence-corrected chi connectivity index (χ2v) is 8.23. The molecule has 2 aromatic rings. The molecular weight excluding hydrogens is 478 g/mol. The second-order valence-electron chi connectivity index (χ2n) is 5.44. The molecule has 2 unspecified atom stereocenters. The zero-order valence-electron chi connectivity index (χ0n) is 15.0. The number of phosphoric ester groups is 1. The summed E-state index contributed by atoms with van der Waals surface area (Å²) >= 11 is 0. The number of aromatic nitrogens is 4. The number of halogens is 3. The van der Waals surface area contributed by atoms with Crippen LogP contribution in [-0.2, 0) is 22.7 Å². The van der Waals surface area contributed by atoms with Crippen molar-refractivity contribution in [2.24, 2.45) is 0 Å². The second kappa shape index (κ2) is 11.4. The maximum Gasteiger partial charge on any atom is 2.00 e. The predicted molar refractivity (Wildman–Crippen MR) is 88.1 cm³/mol. The molecule has 0 aliphatic carbocycles. The molecular formula is C10H14BeF3N5O10P2-2. The van der Waals surface area contributed by atoms with Crippen LogP contribution in [-0.4, -0.2) is 74.6 Å². The van der Waals surface area contributed by atoms with Crippen molar-refractivity contribution in [1.29, 1.82) is 0 Å². The Morgan fingerprint density at radius 3 is 2.35 bits per heavy atom. The zero-order chi connectivity index (χ0) is 20.0. The number of phosphoric acid groups is 2. The van der Waals surface area contributed by atoms with Crippen molar-refractivity contribution < 1.29 is 61.7 Å². The molecule has 6 N–H and O–H groups in total. The summed E-state index contributed by atoms with van der Waals surface area (Å²) in [7, 11) is -10.7. The SMILES string of the molecule is Nc1ncnc2c1ncn2[C@@H]1O[C@H](COP(=O)(O)OP(=O)([O-])O)[C@@H](O)[C@H]1O.[Be+2].[F-].[F-].[F-]. The van der Waals surface area contributed by atoms with E-state index in [1.165, 1.54) is 10.9 Å². The van der Waals surface area contributed by atoms with Crippen LogP contribution in [0.15, 0.2) is 12.7 Å². The fourth-order valence-corrected chi connectivity index (χ4v) is 4.04. The van der Waals surface area contributed by atoms with Gasteiger partial charge in [0.2, 0.25) is 0 Å². The zero-order valence-corrected chi connectivity index (χ0v) is 16.8. The molecule has 0 radical (unpaired) electrons. The molecule has 0 bridgehead atoms. The Balaban J connectivity index is 0. The van der Waals surface area contributed by atoms with Crippen LogP contribution >= 0.6 is 15.6 Å². The maximum atomic E-state index is 11.4. The number of anilines is 1. The van der Waals surface area contributed by atoms with Gasteiger partial charge in [-0.15, -0.1) is 0 Å². The van der Waals surface area contributed by atoms with E-state index in [4.69, 9.17) is 15.4 Å². The minimum Gasteiger partial charge on any atom is -1.00 e. The van der Waals surface area contributed by atoms with Gasteiger partial charge in [-0.2, -0.15) is 0 Å². The van der Waals surface area contributed by atoms with Crippen molar-refractivity contribution in [2.75, 3.05) is 12.3 Å². The molecule has 0 spiro atoms. The first-order valence-electron chi connectivity index (χ1n) is 7.15. The maximum absolute atomic E-state index is 11.4. The molecule has 15 nitrogen and oxygen atoms in total. The summed E-state index contributed by atoms with van der Waals surface area (Å²) in [6.45, 7) is -0.841. The predicted octanol–water partition coefficient (Wildman–Crippen LogP) is -11.7. The molecule has 0 aromatic carbocycles. The molecule has 0 amide bonds. The molecule has 1 aliphatic heterocycles. The first-order valence-corrected chi connectivity index (χ1v) is 10.1. The van der Waals surface area contributed by atoms with Gasteiger partial charge < -0.3 is 49.5 Å². The number of aliphatic hydroxyl groups excluding tert-OH is 2. The van der Waals surface area contributed by atoms with Crippen molar-refractivity contribution >= 4 is 42.7 Å². The van der Waals surface area contributed by atoms with Crippen molar-refractivity contribution in [1.82, 2.24) is 19.5 Å². The molecule has 1 fully saturated rings. The third-order valence-electron chi connectivity index (χ3n) is 3.61. The van der Waals surface area contributed by atoms with Gasteiger partial charge in [0, 0.05) is 0 Å². The summed E-state index contributed by atoms with van der Waals surface area (Å²) in [5.41, 5.74) is 6.09. The van der Waals surface area contributed by atoms with Gasteiger partial charge in [-0.05, 0) is 0 Å². The molecule has 31 heavy (non-hydrogen) atoms. The summed E-state index contributed by atoms with van der Waals surface area (Å²) in [5, 5.41) is 20.3. The van der Waals surface area contributed by atoms with Gasteiger partial charge >= 0.3 is 17.9 Å². The first kappa shape index (κ1) is 31.6. The Morgan fingerprint density at radius 2 is 1.77 bits per heavy atom. The fourth-order valence-electron chi connectivity index (χ4n) is 2.47. The number of hydrogen-bond acceptors (Lipinski definition) is 12. The number of imidazole rings is 1. The number of aliphatic hydroxyl groups is 2. The number of hydrogen-bond donors (Lipinski definition) is 5. The van der Waals surface area contributed by atoms with Gasteiger partial charge in [-0.1, -0.05) is 0 Å². The van der Waals surface area contributed by atoms with Crippen LogP contribution in [0, 0.1) is 0 Å². The van der Waals surface area contributed by atoms with E-state index in [0.717, 1.165) is 6.33 Å². The van der Waals surface area contributed by atoms with E-state index in [0.29, 0.717) is 0 Å². The largest absolute Gasteiger partial charge is 2.00 e. The summed E-state index contributed by atoms with van der Waals surface area (Å²) in [4.78, 5) is 39.9. The monoisotopic (exact) mass is 492 g/mol. The summed E-state index contributed by atoms with van der Waals surface area (Å²) in [6.07, 6.45) is -3.27. The van der Waals surface area contributed by atoms with Crippen LogP contribution in [0.4, 0.5) is 5.82 Å². The van der Waals surface area contributed by atoms with E-state index >= 15 is 0 Å². The molecule has 1 saturated heterocycles. The van der Waals surface area contributed by atoms with Gasteiger partial charge in [0.15, 0.2) is 17.7 Å². The van der Waals surface area contributed by atoms with Gasteiger partial charge in [0.1, 0.15) is 30.2 Å². The Labute approximate surface area is 174 Å². The molecule has 1 aliphatic rings. The average Bonchev–Trinajstić information content (AvgIpc) is 3.07. The minimum absolute atomic E-state index is 0. The summed E-state index contributed by atoms with van der Waals surface area (Å²) < 4.78 is 36.5. The quantitative estimate of drug-likeness (QED) is 0.186. The number of nitrogen functional groups attached to an aromatic ring is 1. The van der Waals surface area contributed by atoms with Crippen LogP contribution in [0.5, 0.6) is 0 Å². The van der Waals surface area contributed by atoms with E-state index in [1.54, 1.807) is 0 Å². The van der Waals surface area contributed by atoms with Crippen LogP contribution in [0.25, 0.3) is 11.2 Å².